The summed E-state index contributed by atoms with van der Waals surface area (Å²) in [5.41, 5.74) is 2.03. The first kappa shape index (κ1) is 8.81. The molecule has 1 N–H and O–H groups in total. The van der Waals surface area contributed by atoms with Crippen molar-refractivity contribution in [2.45, 2.75) is 6.92 Å². The molecular weight excluding hydrogens is 176 g/mol. The van der Waals surface area contributed by atoms with Gasteiger partial charge in [0, 0.05) is 11.8 Å². The lowest BCUT2D eigenvalue weighted by molar-refractivity contribution is 0.341. The number of nitrogens with one attached hydrogen (secondary N) is 1. The summed E-state index contributed by atoms with van der Waals surface area (Å²) in [4.78, 5) is 0. The number of hydrogen-bond acceptors (Lipinski definition) is 2. The van der Waals surface area contributed by atoms with Gasteiger partial charge in [0.15, 0.2) is 0 Å². The molecule has 0 bridgehead atoms. The third-order valence-electron chi connectivity index (χ3n) is 1.98. The SMILES string of the molecule is CCOc1ccccc1-c1ccn[nH]1. The van der Waals surface area contributed by atoms with Crippen molar-refractivity contribution in [2.75, 3.05) is 6.61 Å². The summed E-state index contributed by atoms with van der Waals surface area (Å²) in [7, 11) is 0. The van der Waals surface area contributed by atoms with Crippen molar-refractivity contribution in [1.82, 2.24) is 10.2 Å². The van der Waals surface area contributed by atoms with Crippen molar-refractivity contribution in [1.29, 1.82) is 0 Å². The number of benzene rings is 1. The smallest absolute Gasteiger partial charge is 0.128 e. The number of aromatic amines is 1. The van der Waals surface area contributed by atoms with Crippen molar-refractivity contribution in [3.8, 4) is 17.0 Å². The quantitative estimate of drug-likeness (QED) is 0.803. The fourth-order valence-corrected chi connectivity index (χ4v) is 1.38. The van der Waals surface area contributed by atoms with Crippen molar-refractivity contribution in [3.05, 3.63) is 36.5 Å². The average Bonchev–Trinajstić information content (AvgIpc) is 2.72. The van der Waals surface area contributed by atoms with Gasteiger partial charge in [-0.15, -0.1) is 0 Å². The molecule has 1 heterocycles. The zero-order valence-electron chi connectivity index (χ0n) is 8.03. The van der Waals surface area contributed by atoms with Crippen LogP contribution < -0.4 is 4.74 Å². The minimum atomic E-state index is 0.672. The lowest BCUT2D eigenvalue weighted by atomic mass is 10.1. The summed E-state index contributed by atoms with van der Waals surface area (Å²) in [6, 6.07) is 9.85. The Morgan fingerprint density at radius 3 is 2.86 bits per heavy atom. The van der Waals surface area contributed by atoms with E-state index in [1.165, 1.54) is 0 Å². The Labute approximate surface area is 82.7 Å². The summed E-state index contributed by atoms with van der Waals surface area (Å²) in [5.74, 6) is 0.888. The molecule has 0 unspecified atom stereocenters. The fourth-order valence-electron chi connectivity index (χ4n) is 1.38. The molecule has 3 nitrogen and oxygen atoms in total. The van der Waals surface area contributed by atoms with Crippen LogP contribution in [0.3, 0.4) is 0 Å². The highest BCUT2D eigenvalue weighted by atomic mass is 16.5. The lowest BCUT2D eigenvalue weighted by Crippen LogP contribution is -1.93. The lowest BCUT2D eigenvalue weighted by Gasteiger charge is -2.07. The predicted octanol–water partition coefficient (Wildman–Crippen LogP) is 2.48. The van der Waals surface area contributed by atoms with Crippen molar-refractivity contribution in [3.63, 3.8) is 0 Å². The highest BCUT2D eigenvalue weighted by Gasteiger charge is 2.05. The van der Waals surface area contributed by atoms with Crippen LogP contribution in [0.25, 0.3) is 11.3 Å². The maximum absolute atomic E-state index is 5.51. The van der Waals surface area contributed by atoms with Gasteiger partial charge in [-0.3, -0.25) is 5.10 Å². The Morgan fingerprint density at radius 1 is 1.29 bits per heavy atom. The van der Waals surface area contributed by atoms with Crippen molar-refractivity contribution in [2.24, 2.45) is 0 Å². The minimum Gasteiger partial charge on any atom is -0.493 e. The fraction of sp³-hybridized carbons (Fsp3) is 0.182. The van der Waals surface area contributed by atoms with E-state index in [1.54, 1.807) is 6.20 Å². The van der Waals surface area contributed by atoms with Gasteiger partial charge in [-0.25, -0.2) is 0 Å². The Balaban J connectivity index is 2.42. The number of aromatic nitrogens is 2. The third-order valence-corrected chi connectivity index (χ3v) is 1.98. The maximum atomic E-state index is 5.51. The van der Waals surface area contributed by atoms with Crippen LogP contribution in [-0.2, 0) is 0 Å². The molecule has 2 aromatic rings. The second-order valence-corrected chi connectivity index (χ2v) is 2.90. The first-order valence-corrected chi connectivity index (χ1v) is 4.63. The molecule has 0 spiro atoms. The zero-order chi connectivity index (χ0) is 9.80. The first-order chi connectivity index (χ1) is 6.92. The van der Waals surface area contributed by atoms with Gasteiger partial charge >= 0.3 is 0 Å². The Kier molecular flexibility index (Phi) is 2.49. The van der Waals surface area contributed by atoms with Gasteiger partial charge in [0.25, 0.3) is 0 Å². The van der Waals surface area contributed by atoms with Gasteiger partial charge in [0.05, 0.1) is 12.3 Å². The monoisotopic (exact) mass is 188 g/mol. The number of nitrogens with zero attached hydrogens (tertiary/aromatic N) is 1. The molecule has 0 aliphatic carbocycles. The van der Waals surface area contributed by atoms with E-state index in [0.29, 0.717) is 6.61 Å². The molecule has 3 heteroatoms. The highest BCUT2D eigenvalue weighted by molar-refractivity contribution is 5.66. The molecule has 0 fully saturated rings. The van der Waals surface area contributed by atoms with Crippen LogP contribution in [0.4, 0.5) is 0 Å². The Bertz CT molecular complexity index is 395. The summed E-state index contributed by atoms with van der Waals surface area (Å²) in [5, 5.41) is 6.84. The molecule has 0 saturated carbocycles. The van der Waals surface area contributed by atoms with E-state index >= 15 is 0 Å². The molecule has 1 aromatic carbocycles. The van der Waals surface area contributed by atoms with Gasteiger partial charge in [-0.2, -0.15) is 5.10 Å². The number of H-pyrrole nitrogens is 1. The van der Waals surface area contributed by atoms with Crippen LogP contribution in [0, 0.1) is 0 Å². The van der Waals surface area contributed by atoms with Gasteiger partial charge in [-0.05, 0) is 25.1 Å². The van der Waals surface area contributed by atoms with Crippen LogP contribution >= 0.6 is 0 Å². The molecule has 14 heavy (non-hydrogen) atoms. The summed E-state index contributed by atoms with van der Waals surface area (Å²) in [6.45, 7) is 2.65. The van der Waals surface area contributed by atoms with Crippen LogP contribution in [-0.4, -0.2) is 16.8 Å². The second kappa shape index (κ2) is 3.96. The molecule has 0 saturated heterocycles. The number of rotatable bonds is 3. The minimum absolute atomic E-state index is 0.672. The van der Waals surface area contributed by atoms with E-state index in [0.717, 1.165) is 17.0 Å². The second-order valence-electron chi connectivity index (χ2n) is 2.90. The maximum Gasteiger partial charge on any atom is 0.128 e. The summed E-state index contributed by atoms with van der Waals surface area (Å²) >= 11 is 0. The Hall–Kier alpha value is -1.77. The van der Waals surface area contributed by atoms with E-state index in [-0.39, 0.29) is 0 Å². The third kappa shape index (κ3) is 1.62. The van der Waals surface area contributed by atoms with Crippen molar-refractivity contribution >= 4 is 0 Å². The molecule has 2 rings (SSSR count). The van der Waals surface area contributed by atoms with Crippen LogP contribution in [0.2, 0.25) is 0 Å². The van der Waals surface area contributed by atoms with Crippen LogP contribution in [0.15, 0.2) is 36.5 Å². The molecular formula is C11H12N2O. The van der Waals surface area contributed by atoms with Gasteiger partial charge in [0.2, 0.25) is 0 Å². The van der Waals surface area contributed by atoms with E-state index in [4.69, 9.17) is 4.74 Å². The van der Waals surface area contributed by atoms with Crippen molar-refractivity contribution < 1.29 is 4.74 Å². The number of hydrogen-bond donors (Lipinski definition) is 1. The molecule has 72 valence electrons. The topological polar surface area (TPSA) is 37.9 Å². The van der Waals surface area contributed by atoms with E-state index in [2.05, 4.69) is 10.2 Å². The van der Waals surface area contributed by atoms with E-state index in [1.807, 2.05) is 37.3 Å². The number of ether oxygens (including phenoxy) is 1. The van der Waals surface area contributed by atoms with Crippen LogP contribution in [0.1, 0.15) is 6.92 Å². The first-order valence-electron chi connectivity index (χ1n) is 4.63. The highest BCUT2D eigenvalue weighted by Crippen LogP contribution is 2.27. The zero-order valence-corrected chi connectivity index (χ0v) is 8.03. The molecule has 0 radical (unpaired) electrons. The normalized spacial score (nSPS) is 10.1. The molecule has 0 aliphatic heterocycles. The average molecular weight is 188 g/mol. The molecule has 0 amide bonds. The van der Waals surface area contributed by atoms with E-state index < -0.39 is 0 Å². The standard InChI is InChI=1S/C11H12N2O/c1-2-14-11-6-4-3-5-9(11)10-7-8-12-13-10/h3-8H,2H2,1H3,(H,12,13). The predicted molar refractivity (Wildman–Crippen MR) is 55.2 cm³/mol. The van der Waals surface area contributed by atoms with Crippen LogP contribution in [0.5, 0.6) is 5.75 Å². The summed E-state index contributed by atoms with van der Waals surface area (Å²) < 4.78 is 5.51. The molecule has 0 aliphatic rings. The molecule has 0 atom stereocenters. The Morgan fingerprint density at radius 2 is 2.14 bits per heavy atom. The molecule has 1 aromatic heterocycles. The van der Waals surface area contributed by atoms with Gasteiger partial charge in [0.1, 0.15) is 5.75 Å². The van der Waals surface area contributed by atoms with E-state index in [9.17, 15) is 0 Å². The van der Waals surface area contributed by atoms with Gasteiger partial charge < -0.3 is 4.74 Å². The van der Waals surface area contributed by atoms with Gasteiger partial charge in [-0.1, -0.05) is 12.1 Å². The largest absolute Gasteiger partial charge is 0.493 e. The number of para-hydroxylation sites is 1. The summed E-state index contributed by atoms with van der Waals surface area (Å²) in [6.07, 6.45) is 1.73.